The Hall–Kier alpha value is -11.5. The van der Waals surface area contributed by atoms with Crippen molar-refractivity contribution in [2.75, 3.05) is 28.8 Å². The maximum Gasteiger partial charge on any atom is 0.354 e. The van der Waals surface area contributed by atoms with E-state index in [4.69, 9.17) is 20.4 Å². The molecular weight excluding hydrogens is 2670 g/mol. The number of aromatic nitrogens is 8. The van der Waals surface area contributed by atoms with Crippen LogP contribution in [0.15, 0.2) is 286 Å². The SMILES string of the molecule is CC(C)(C)N1c2ccccc2[Se]c2cc[c-]c(-c3ccccn3)c21.CC1(C)c2ccccc2[Se]c2cc[c-]c(-c3ccccn3)c21.CN1c2ccccc2N(C)c2c(-c3ccccn3)[c-]ccc21.C[Si]1(C)c2ccccc2[Se]c2cc[c-]c(-c3ccccn3)c21.Cc1nc(C(=O)O)c(C)c(C)c1C.Cc1nc(C(=O)O)c(C)c(C)c1C.O=C(O)c1ccc(F)cn1.O=C(O)c1ccccn1.[Ir].[Ir].[Ir].[Ir]. The molecular formula is C111H102FIr4N11O8Se3Si-4. The van der Waals surface area contributed by atoms with E-state index in [1.807, 2.05) is 127 Å². The molecule has 0 fully saturated rings. The van der Waals surface area contributed by atoms with E-state index in [1.54, 1.807) is 35.6 Å². The maximum atomic E-state index is 12.1. The molecule has 718 valence electrons. The van der Waals surface area contributed by atoms with Crippen LogP contribution in [0.3, 0.4) is 0 Å². The molecule has 0 spiro atoms. The van der Waals surface area contributed by atoms with Gasteiger partial charge in [-0.25, -0.2) is 43.5 Å². The van der Waals surface area contributed by atoms with Crippen molar-refractivity contribution in [2.45, 2.75) is 114 Å². The smallest absolute Gasteiger partial charge is 0.354 e. The zero-order valence-electron chi connectivity index (χ0n) is 79.4. The summed E-state index contributed by atoms with van der Waals surface area (Å²) in [5, 5.41) is 37.4. The first kappa shape index (κ1) is 111. The molecule has 0 aliphatic carbocycles. The van der Waals surface area contributed by atoms with Crippen LogP contribution in [0.4, 0.5) is 38.5 Å². The summed E-state index contributed by atoms with van der Waals surface area (Å²) >= 11 is 1.03. The van der Waals surface area contributed by atoms with Gasteiger partial charge in [-0.2, -0.15) is 0 Å². The third-order valence-electron chi connectivity index (χ3n) is 23.7. The van der Waals surface area contributed by atoms with Crippen molar-refractivity contribution >= 4 is 148 Å². The number of pyridine rings is 8. The van der Waals surface area contributed by atoms with E-state index in [2.05, 4.69) is 298 Å². The van der Waals surface area contributed by atoms with Gasteiger partial charge in [0, 0.05) is 118 Å². The van der Waals surface area contributed by atoms with E-state index in [0.717, 1.165) is 108 Å². The normalized spacial score (nSPS) is 12.2. The van der Waals surface area contributed by atoms with E-state index in [1.165, 1.54) is 84.9 Å². The van der Waals surface area contributed by atoms with Gasteiger partial charge >= 0.3 is 449 Å². The van der Waals surface area contributed by atoms with Gasteiger partial charge in [-0.15, -0.1) is 18.2 Å². The van der Waals surface area contributed by atoms with Crippen LogP contribution in [0.5, 0.6) is 0 Å². The van der Waals surface area contributed by atoms with Gasteiger partial charge in [0.1, 0.15) is 17.2 Å². The zero-order valence-corrected chi connectivity index (χ0v) is 95.1. The second kappa shape index (κ2) is 49.6. The molecule has 0 amide bonds. The van der Waals surface area contributed by atoms with Crippen molar-refractivity contribution in [3.8, 4) is 45.0 Å². The summed E-state index contributed by atoms with van der Waals surface area (Å²) in [6.07, 6.45) is 9.72. The molecule has 4 aliphatic heterocycles. The fourth-order valence-corrected chi connectivity index (χ4v) is 30.1. The molecule has 0 saturated heterocycles. The number of hydrogen-bond acceptors (Lipinski definition) is 15. The average molecular weight is 2770 g/mol. The van der Waals surface area contributed by atoms with Gasteiger partial charge in [0.05, 0.1) is 17.6 Å². The Morgan fingerprint density at radius 1 is 0.374 bits per heavy atom. The summed E-state index contributed by atoms with van der Waals surface area (Å²) < 4.78 is 20.9. The van der Waals surface area contributed by atoms with E-state index < -0.39 is 37.8 Å². The monoisotopic (exact) mass is 2780 g/mol. The number of aryl methyl sites for hydroxylation is 2. The van der Waals surface area contributed by atoms with Crippen molar-refractivity contribution in [1.82, 2.24) is 39.9 Å². The molecule has 8 aromatic heterocycles. The zero-order chi connectivity index (χ0) is 96.7. The molecule has 16 aromatic rings. The van der Waals surface area contributed by atoms with Crippen LogP contribution in [0.2, 0.25) is 13.1 Å². The summed E-state index contributed by atoms with van der Waals surface area (Å²) in [5.74, 6) is -4.59. The van der Waals surface area contributed by atoms with Gasteiger partial charge in [-0.05, 0) is 148 Å². The van der Waals surface area contributed by atoms with Crippen molar-refractivity contribution in [3.63, 3.8) is 0 Å². The number of halogens is 1. The number of rotatable bonds is 8. The molecule has 0 unspecified atom stereocenters. The van der Waals surface area contributed by atoms with Gasteiger partial charge in [0.25, 0.3) is 0 Å². The minimum atomic E-state index is -1.71. The molecule has 12 heterocycles. The molecule has 0 saturated carbocycles. The number of aromatic carboxylic acids is 4. The number of para-hydroxylation sites is 3. The van der Waals surface area contributed by atoms with Gasteiger partial charge in [0.15, 0.2) is 11.4 Å². The largest absolute Gasteiger partial charge is 0.477 e. The third-order valence-corrected chi connectivity index (χ3v) is 35.1. The Bertz CT molecular complexity index is 6810. The van der Waals surface area contributed by atoms with E-state index in [0.29, 0.717) is 44.9 Å². The van der Waals surface area contributed by atoms with Crippen LogP contribution in [-0.2, 0) is 85.8 Å². The first-order valence-electron chi connectivity index (χ1n) is 43.5. The maximum absolute atomic E-state index is 12.1. The van der Waals surface area contributed by atoms with Crippen LogP contribution in [0.1, 0.15) is 132 Å². The van der Waals surface area contributed by atoms with Crippen molar-refractivity contribution < 1.29 is 124 Å². The summed E-state index contributed by atoms with van der Waals surface area (Å²) in [5.41, 5.74) is 26.1. The van der Waals surface area contributed by atoms with Gasteiger partial charge in [-0.3, -0.25) is 0 Å². The molecule has 0 atom stereocenters. The number of carboxylic acid groups (broad SMARTS) is 4. The van der Waals surface area contributed by atoms with E-state index in [9.17, 15) is 23.6 Å². The van der Waals surface area contributed by atoms with Gasteiger partial charge < -0.3 is 35.2 Å². The Labute approximate surface area is 886 Å². The second-order valence-corrected chi connectivity index (χ2v) is 45.1. The molecule has 20 rings (SSSR count). The molecule has 0 bridgehead atoms. The quantitative estimate of drug-likeness (QED) is 0.0814. The van der Waals surface area contributed by atoms with Crippen LogP contribution in [0.25, 0.3) is 45.0 Å². The Morgan fingerprint density at radius 2 is 0.770 bits per heavy atom. The fraction of sp³-hybridized carbons (Fsp3) is 0.171. The predicted molar refractivity (Wildman–Crippen MR) is 544 cm³/mol. The number of hydrogen-bond donors (Lipinski definition) is 4. The van der Waals surface area contributed by atoms with Crippen LogP contribution in [0, 0.1) is 85.5 Å². The number of carboxylic acids is 4. The van der Waals surface area contributed by atoms with Crippen molar-refractivity contribution in [2.24, 2.45) is 0 Å². The summed E-state index contributed by atoms with van der Waals surface area (Å²) in [6, 6.07) is 96.9. The van der Waals surface area contributed by atoms with Gasteiger partial charge in [0.2, 0.25) is 0 Å². The summed E-state index contributed by atoms with van der Waals surface area (Å²) in [6.45, 7) is 31.3. The molecule has 139 heavy (non-hydrogen) atoms. The topological polar surface area (TPSA) is 262 Å². The molecule has 8 aromatic carbocycles. The van der Waals surface area contributed by atoms with Crippen LogP contribution < -0.4 is 51.8 Å². The Balaban J connectivity index is 0.000000181. The molecule has 4 aliphatic rings. The summed E-state index contributed by atoms with van der Waals surface area (Å²) in [4.78, 5) is 81.9. The van der Waals surface area contributed by atoms with E-state index in [-0.39, 0.29) is 114 Å². The first-order chi connectivity index (χ1) is 64.6. The molecule has 28 heteroatoms. The first-order valence-corrected chi connectivity index (χ1v) is 51.6. The van der Waals surface area contributed by atoms with Crippen molar-refractivity contribution in [3.05, 3.63) is 395 Å². The minimum absolute atomic E-state index is 0. The number of nitrogens with zero attached hydrogens (tertiary/aromatic N) is 11. The summed E-state index contributed by atoms with van der Waals surface area (Å²) in [7, 11) is 2.49. The fourth-order valence-electron chi connectivity index (χ4n) is 16.2. The molecule has 4 N–H and O–H groups in total. The Morgan fingerprint density at radius 3 is 1.24 bits per heavy atom. The number of fused-ring (bicyclic) bond motifs is 8. The Kier molecular flexibility index (Phi) is 39.7. The van der Waals surface area contributed by atoms with Crippen LogP contribution in [-0.4, -0.2) is 157 Å². The predicted octanol–water partition coefficient (Wildman–Crippen LogP) is 17.8. The minimum Gasteiger partial charge on any atom is -0.477 e. The number of anilines is 6. The number of carbonyl (C=O) groups is 4. The second-order valence-electron chi connectivity index (χ2n) is 34.0. The van der Waals surface area contributed by atoms with Crippen molar-refractivity contribution in [1.29, 1.82) is 0 Å². The standard InChI is InChI=1S/C21H19N2Se.C20H16NSe.C19H16N3.C19H16NSeSi.2C10H13NO2.C6H4FNO2.C6H5NO2.4Ir/c1-21(2,3)23-17-11-4-5-12-18(17)24-19-13-8-9-15(20(19)23)16-10-6-7-14-22-16;1-20(2)15-9-3-4-11-17(15)22-18-12-7-8-14(19(18)20)16-10-5-6-13-21-16;1-21-16-10-3-4-11-17(16)22(2)19-14(8-7-12-18(19)21)15-9-5-6-13-20-15;1-22(2)18-12-4-3-10-16(18)21-17-11-7-8-14(19(17)22)15-9-5-6-13-20-15;2*1-5-6(2)8(4)11-9(7(5)3)10(12)13;7-4-1-2-5(6(9)10)8-3-4;8-6(9)5-3-1-2-4-7-5;;;;/h4-8,10-14H,1-3H3;3*3-7,9-13H,1-2H3;2*1-4H3,(H,12,13);1-3H,(H,9,10);1-4H,(H,8,9);;;;/q4*-1;;;;;;;;. The number of benzene rings is 8. The van der Waals surface area contributed by atoms with E-state index >= 15 is 0 Å². The average Bonchev–Trinajstić information content (AvgIpc) is 0.734. The molecule has 19 nitrogen and oxygen atoms in total. The third kappa shape index (κ3) is 25.7. The molecule has 4 radical (unpaired) electrons. The van der Waals surface area contributed by atoms with Gasteiger partial charge in [-0.1, -0.05) is 35.9 Å². The van der Waals surface area contributed by atoms with Crippen LogP contribution >= 0.6 is 0 Å².